The predicted molar refractivity (Wildman–Crippen MR) is 73.7 cm³/mol. The molecule has 0 radical (unpaired) electrons. The molecule has 3 heterocycles. The molecule has 6 heteroatoms. The molecule has 6 nitrogen and oxygen atoms in total. The van der Waals surface area contributed by atoms with E-state index < -0.39 is 5.63 Å². The summed E-state index contributed by atoms with van der Waals surface area (Å²) in [5.74, 6) is 0. The van der Waals surface area contributed by atoms with E-state index in [1.165, 1.54) is 6.07 Å². The third-order valence-electron chi connectivity index (χ3n) is 3.20. The minimum absolute atomic E-state index is 0.157. The van der Waals surface area contributed by atoms with Crippen LogP contribution in [0.25, 0.3) is 11.0 Å². The lowest BCUT2D eigenvalue weighted by Crippen LogP contribution is -2.23. The topological polar surface area (TPSA) is 70.0 Å². The van der Waals surface area contributed by atoms with Gasteiger partial charge >= 0.3 is 5.63 Å². The summed E-state index contributed by atoms with van der Waals surface area (Å²) in [6, 6.07) is 4.82. The van der Waals surface area contributed by atoms with Gasteiger partial charge in [0.05, 0.1) is 11.9 Å². The second-order valence-electron chi connectivity index (χ2n) is 4.57. The van der Waals surface area contributed by atoms with E-state index in [1.807, 2.05) is 12.3 Å². The van der Waals surface area contributed by atoms with E-state index in [2.05, 4.69) is 5.10 Å². The van der Waals surface area contributed by atoms with Crippen molar-refractivity contribution in [1.29, 1.82) is 0 Å². The number of aryl methyl sites for hydroxylation is 3. The summed E-state index contributed by atoms with van der Waals surface area (Å²) in [6.07, 6.45) is 5.18. The number of hydrogen-bond acceptors (Lipinski definition) is 4. The molecule has 0 saturated heterocycles. The first kappa shape index (κ1) is 12.4. The first-order valence-electron chi connectivity index (χ1n) is 6.26. The average molecular weight is 271 g/mol. The van der Waals surface area contributed by atoms with E-state index in [-0.39, 0.29) is 5.56 Å². The van der Waals surface area contributed by atoms with Crippen molar-refractivity contribution in [3.63, 3.8) is 0 Å². The molecule has 0 spiro atoms. The minimum Gasteiger partial charge on any atom is -0.422 e. The minimum atomic E-state index is -0.441. The van der Waals surface area contributed by atoms with Crippen LogP contribution in [-0.4, -0.2) is 14.3 Å². The van der Waals surface area contributed by atoms with E-state index >= 15 is 0 Å². The fourth-order valence-electron chi connectivity index (χ4n) is 2.21. The fraction of sp³-hybridized carbons (Fsp3) is 0.214. The quantitative estimate of drug-likeness (QED) is 0.716. The lowest BCUT2D eigenvalue weighted by molar-refractivity contribution is 0.521. The van der Waals surface area contributed by atoms with Gasteiger partial charge in [-0.05, 0) is 24.6 Å². The maximum atomic E-state index is 12.4. The van der Waals surface area contributed by atoms with Crippen LogP contribution < -0.4 is 11.2 Å². The molecule has 0 aliphatic heterocycles. The lowest BCUT2D eigenvalue weighted by atomic mass is 10.2. The van der Waals surface area contributed by atoms with Gasteiger partial charge in [-0.1, -0.05) is 0 Å². The Balaban J connectivity index is 2.03. The van der Waals surface area contributed by atoms with Crippen molar-refractivity contribution in [3.05, 3.63) is 63.1 Å². The summed E-state index contributed by atoms with van der Waals surface area (Å²) in [6.45, 7) is 2.85. The van der Waals surface area contributed by atoms with Crippen molar-refractivity contribution in [2.24, 2.45) is 0 Å². The Morgan fingerprint density at radius 3 is 2.85 bits per heavy atom. The van der Waals surface area contributed by atoms with Crippen LogP contribution in [0.2, 0.25) is 0 Å². The van der Waals surface area contributed by atoms with E-state index in [1.54, 1.807) is 34.6 Å². The number of pyridine rings is 1. The fourth-order valence-corrected chi connectivity index (χ4v) is 2.21. The SMILES string of the molecule is Cc1cc(=O)oc2ccn(CCn3cccn3)c(=O)c12. The second kappa shape index (κ2) is 4.80. The zero-order valence-electron chi connectivity index (χ0n) is 10.9. The molecule has 0 atom stereocenters. The molecule has 0 saturated carbocycles. The highest BCUT2D eigenvalue weighted by molar-refractivity contribution is 5.78. The van der Waals surface area contributed by atoms with E-state index in [0.717, 1.165) is 0 Å². The zero-order valence-corrected chi connectivity index (χ0v) is 10.9. The smallest absolute Gasteiger partial charge is 0.336 e. The van der Waals surface area contributed by atoms with Crippen molar-refractivity contribution in [2.45, 2.75) is 20.0 Å². The first-order valence-corrected chi connectivity index (χ1v) is 6.26. The van der Waals surface area contributed by atoms with E-state index in [0.29, 0.717) is 29.6 Å². The molecule has 0 unspecified atom stereocenters. The van der Waals surface area contributed by atoms with Gasteiger partial charge in [-0.3, -0.25) is 9.48 Å². The van der Waals surface area contributed by atoms with Crippen LogP contribution in [0, 0.1) is 6.92 Å². The molecule has 0 N–H and O–H groups in total. The number of hydrogen-bond donors (Lipinski definition) is 0. The van der Waals surface area contributed by atoms with Crippen LogP contribution in [-0.2, 0) is 13.1 Å². The second-order valence-corrected chi connectivity index (χ2v) is 4.57. The summed E-state index contributed by atoms with van der Waals surface area (Å²) in [5.41, 5.74) is 0.365. The molecule has 0 bridgehead atoms. The summed E-state index contributed by atoms with van der Waals surface area (Å²) in [4.78, 5) is 23.7. The van der Waals surface area contributed by atoms with Crippen molar-refractivity contribution < 1.29 is 4.42 Å². The van der Waals surface area contributed by atoms with Gasteiger partial charge in [-0.2, -0.15) is 5.10 Å². The van der Waals surface area contributed by atoms with E-state index in [9.17, 15) is 9.59 Å². The summed E-state index contributed by atoms with van der Waals surface area (Å²) in [5, 5.41) is 4.55. The number of fused-ring (bicyclic) bond motifs is 1. The maximum Gasteiger partial charge on any atom is 0.336 e. The summed E-state index contributed by atoms with van der Waals surface area (Å²) >= 11 is 0. The largest absolute Gasteiger partial charge is 0.422 e. The highest BCUT2D eigenvalue weighted by Gasteiger charge is 2.08. The van der Waals surface area contributed by atoms with Crippen LogP contribution in [0.5, 0.6) is 0 Å². The summed E-state index contributed by atoms with van der Waals surface area (Å²) < 4.78 is 8.40. The van der Waals surface area contributed by atoms with Crippen molar-refractivity contribution in [2.75, 3.05) is 0 Å². The van der Waals surface area contributed by atoms with Crippen LogP contribution in [0.3, 0.4) is 0 Å². The Morgan fingerprint density at radius 1 is 1.25 bits per heavy atom. The molecule has 0 fully saturated rings. The van der Waals surface area contributed by atoms with Crippen molar-refractivity contribution >= 4 is 11.0 Å². The third kappa shape index (κ3) is 2.16. The van der Waals surface area contributed by atoms with Gasteiger partial charge in [0.1, 0.15) is 5.58 Å². The van der Waals surface area contributed by atoms with Crippen LogP contribution in [0.15, 0.2) is 50.8 Å². The number of nitrogens with zero attached hydrogens (tertiary/aromatic N) is 3. The molecule has 0 aliphatic carbocycles. The molecule has 0 amide bonds. The molecular formula is C14H13N3O3. The zero-order chi connectivity index (χ0) is 14.1. The highest BCUT2D eigenvalue weighted by Crippen LogP contribution is 2.11. The van der Waals surface area contributed by atoms with Crippen LogP contribution >= 0.6 is 0 Å². The van der Waals surface area contributed by atoms with Gasteiger partial charge in [0.25, 0.3) is 5.56 Å². The molecule has 20 heavy (non-hydrogen) atoms. The Morgan fingerprint density at radius 2 is 2.10 bits per heavy atom. The van der Waals surface area contributed by atoms with Gasteiger partial charge in [0.2, 0.25) is 0 Å². The normalized spacial score (nSPS) is 11.1. The number of rotatable bonds is 3. The Bertz CT molecular complexity index is 859. The first-order chi connectivity index (χ1) is 9.65. The lowest BCUT2D eigenvalue weighted by Gasteiger charge is -2.07. The predicted octanol–water partition coefficient (Wildman–Crippen LogP) is 1.16. The monoisotopic (exact) mass is 271 g/mol. The molecule has 3 rings (SSSR count). The number of aromatic nitrogens is 3. The highest BCUT2D eigenvalue weighted by atomic mass is 16.4. The molecular weight excluding hydrogens is 258 g/mol. The van der Waals surface area contributed by atoms with Crippen molar-refractivity contribution in [1.82, 2.24) is 14.3 Å². The third-order valence-corrected chi connectivity index (χ3v) is 3.20. The Hall–Kier alpha value is -2.63. The molecule has 0 aromatic carbocycles. The maximum absolute atomic E-state index is 12.4. The van der Waals surface area contributed by atoms with E-state index in [4.69, 9.17) is 4.42 Å². The van der Waals surface area contributed by atoms with Gasteiger partial charge in [0.15, 0.2) is 0 Å². The molecule has 3 aromatic heterocycles. The molecule has 0 aliphatic rings. The standard InChI is InChI=1S/C14H13N3O3/c1-10-9-12(18)20-11-3-6-16(14(19)13(10)11)7-8-17-5-2-4-15-17/h2-6,9H,7-8H2,1H3. The van der Waals surface area contributed by atoms with Crippen LogP contribution in [0.1, 0.15) is 5.56 Å². The van der Waals surface area contributed by atoms with Gasteiger partial charge in [-0.25, -0.2) is 4.79 Å². The van der Waals surface area contributed by atoms with Gasteiger partial charge < -0.3 is 8.98 Å². The molecule has 3 aromatic rings. The summed E-state index contributed by atoms with van der Waals surface area (Å²) in [7, 11) is 0. The average Bonchev–Trinajstić information content (AvgIpc) is 2.90. The Labute approximate surface area is 113 Å². The van der Waals surface area contributed by atoms with Crippen molar-refractivity contribution in [3.8, 4) is 0 Å². The molecule has 102 valence electrons. The van der Waals surface area contributed by atoms with Crippen LogP contribution in [0.4, 0.5) is 0 Å². The van der Waals surface area contributed by atoms with Gasteiger partial charge in [0, 0.05) is 31.2 Å². The Kier molecular flexibility index (Phi) is 2.98. The van der Waals surface area contributed by atoms with Gasteiger partial charge in [-0.15, -0.1) is 0 Å².